The molecule has 0 radical (unpaired) electrons. The number of carbonyl (C=O) groups excluding carboxylic acids is 2. The van der Waals surface area contributed by atoms with Crippen LogP contribution in [0.25, 0.3) is 0 Å². The van der Waals surface area contributed by atoms with Gasteiger partial charge in [-0.1, -0.05) is 78.8 Å². The van der Waals surface area contributed by atoms with Gasteiger partial charge in [0.25, 0.3) is 0 Å². The first-order chi connectivity index (χ1) is 18.7. The minimum absolute atomic E-state index is 0.179. The van der Waals surface area contributed by atoms with Gasteiger partial charge in [0, 0.05) is 5.41 Å². The average Bonchev–Trinajstić information content (AvgIpc) is 2.94. The molecular weight excluding hydrogens is 484 g/mol. The lowest BCUT2D eigenvalue weighted by atomic mass is 9.78. The lowest BCUT2D eigenvalue weighted by Crippen LogP contribution is -2.19. The smallest absolute Gasteiger partial charge is 0.343 e. The molecule has 39 heavy (non-hydrogen) atoms. The van der Waals surface area contributed by atoms with Crippen LogP contribution in [-0.2, 0) is 5.41 Å². The normalized spacial score (nSPS) is 12.7. The molecule has 0 aliphatic heterocycles. The predicted molar refractivity (Wildman–Crippen MR) is 158 cm³/mol. The van der Waals surface area contributed by atoms with Crippen molar-refractivity contribution in [2.75, 3.05) is 0 Å². The van der Waals surface area contributed by atoms with Crippen molar-refractivity contribution in [3.8, 4) is 11.5 Å². The highest BCUT2D eigenvalue weighted by atomic mass is 16.6. The standard InChI is InChI=1S/C35H38O4/c1-6-35(5,24-14-17-27(4)16-13-15-26(2)3)30-22-23-31(38-33(36)28-18-9-7-10-19-28)32(25-30)39-34(37)29-20-11-8-12-21-29/h6-12,15,17-23,25H,1,13-14,16,24H2,2-5H3/b27-17+. The van der Waals surface area contributed by atoms with E-state index < -0.39 is 11.9 Å². The fraction of sp³-hybridized carbons (Fsp3) is 0.257. The van der Waals surface area contributed by atoms with Crippen molar-refractivity contribution in [1.29, 1.82) is 0 Å². The third kappa shape index (κ3) is 8.68. The highest BCUT2D eigenvalue weighted by Gasteiger charge is 2.25. The van der Waals surface area contributed by atoms with Gasteiger partial charge in [0.05, 0.1) is 11.1 Å². The molecular formula is C35H38O4. The summed E-state index contributed by atoms with van der Waals surface area (Å²) in [6.45, 7) is 12.6. The molecule has 3 rings (SSSR count). The van der Waals surface area contributed by atoms with Gasteiger partial charge in [-0.25, -0.2) is 9.59 Å². The highest BCUT2D eigenvalue weighted by Crippen LogP contribution is 2.38. The molecule has 0 saturated carbocycles. The van der Waals surface area contributed by atoms with Gasteiger partial charge in [0.2, 0.25) is 0 Å². The maximum absolute atomic E-state index is 12.9. The van der Waals surface area contributed by atoms with Gasteiger partial charge in [-0.3, -0.25) is 0 Å². The summed E-state index contributed by atoms with van der Waals surface area (Å²) < 4.78 is 11.5. The van der Waals surface area contributed by atoms with Crippen molar-refractivity contribution in [1.82, 2.24) is 0 Å². The monoisotopic (exact) mass is 522 g/mol. The summed E-state index contributed by atoms with van der Waals surface area (Å²) in [4.78, 5) is 25.7. The molecule has 0 fully saturated rings. The van der Waals surface area contributed by atoms with Crippen molar-refractivity contribution in [3.05, 3.63) is 132 Å². The Morgan fingerprint density at radius 2 is 1.33 bits per heavy atom. The number of esters is 2. The number of benzene rings is 3. The van der Waals surface area contributed by atoms with E-state index in [1.165, 1.54) is 11.1 Å². The van der Waals surface area contributed by atoms with Crippen molar-refractivity contribution < 1.29 is 19.1 Å². The fourth-order valence-corrected chi connectivity index (χ4v) is 4.17. The van der Waals surface area contributed by atoms with Crippen LogP contribution in [0.15, 0.2) is 115 Å². The van der Waals surface area contributed by atoms with Gasteiger partial charge in [-0.05, 0) is 88.4 Å². The number of ether oxygens (including phenoxy) is 2. The van der Waals surface area contributed by atoms with E-state index in [1.54, 1.807) is 60.7 Å². The zero-order chi connectivity index (χ0) is 28.3. The summed E-state index contributed by atoms with van der Waals surface area (Å²) in [6, 6.07) is 22.8. The zero-order valence-corrected chi connectivity index (χ0v) is 23.4. The molecule has 0 heterocycles. The summed E-state index contributed by atoms with van der Waals surface area (Å²) in [6.07, 6.45) is 10.3. The average molecular weight is 523 g/mol. The summed E-state index contributed by atoms with van der Waals surface area (Å²) in [7, 11) is 0. The van der Waals surface area contributed by atoms with Crippen LogP contribution in [-0.4, -0.2) is 11.9 Å². The fourth-order valence-electron chi connectivity index (χ4n) is 4.17. The Bertz CT molecular complexity index is 1330. The quantitative estimate of drug-likeness (QED) is 0.135. The van der Waals surface area contributed by atoms with E-state index in [0.717, 1.165) is 31.2 Å². The molecule has 4 heteroatoms. The van der Waals surface area contributed by atoms with Gasteiger partial charge >= 0.3 is 11.9 Å². The topological polar surface area (TPSA) is 52.6 Å². The first kappa shape index (κ1) is 29.4. The molecule has 0 spiro atoms. The van der Waals surface area contributed by atoms with Crippen LogP contribution in [0.5, 0.6) is 11.5 Å². The summed E-state index contributed by atoms with van der Waals surface area (Å²) >= 11 is 0. The van der Waals surface area contributed by atoms with Crippen molar-refractivity contribution in [3.63, 3.8) is 0 Å². The molecule has 0 amide bonds. The summed E-state index contributed by atoms with van der Waals surface area (Å²) in [5, 5.41) is 0. The van der Waals surface area contributed by atoms with Crippen LogP contribution in [0.4, 0.5) is 0 Å². The van der Waals surface area contributed by atoms with Crippen LogP contribution >= 0.6 is 0 Å². The molecule has 0 aliphatic carbocycles. The minimum Gasteiger partial charge on any atom is -0.419 e. The molecule has 1 atom stereocenters. The molecule has 0 N–H and O–H groups in total. The summed E-state index contributed by atoms with van der Waals surface area (Å²) in [5.41, 5.74) is 4.05. The molecule has 0 bridgehead atoms. The van der Waals surface area contributed by atoms with E-state index in [1.807, 2.05) is 24.3 Å². The molecule has 0 aromatic heterocycles. The van der Waals surface area contributed by atoms with E-state index in [0.29, 0.717) is 11.1 Å². The van der Waals surface area contributed by atoms with Crippen molar-refractivity contribution >= 4 is 11.9 Å². The Kier molecular flexibility index (Phi) is 10.6. The first-order valence-electron chi connectivity index (χ1n) is 13.3. The van der Waals surface area contributed by atoms with E-state index in [2.05, 4.69) is 46.4 Å². The Hall–Kier alpha value is -4.18. The SMILES string of the molecule is C=CC(C)(CC/C=C(\C)CCC=C(C)C)c1ccc(OC(=O)c2ccccc2)c(OC(=O)c2ccccc2)c1. The Labute approximate surface area is 232 Å². The van der Waals surface area contributed by atoms with Crippen LogP contribution in [0, 0.1) is 0 Å². The lowest BCUT2D eigenvalue weighted by molar-refractivity contribution is 0.0682. The van der Waals surface area contributed by atoms with Crippen molar-refractivity contribution in [2.45, 2.75) is 58.8 Å². The van der Waals surface area contributed by atoms with E-state index in [-0.39, 0.29) is 16.9 Å². The largest absolute Gasteiger partial charge is 0.419 e. The molecule has 3 aromatic rings. The lowest BCUT2D eigenvalue weighted by Gasteiger charge is -2.27. The molecule has 0 saturated heterocycles. The maximum Gasteiger partial charge on any atom is 0.343 e. The van der Waals surface area contributed by atoms with Crippen LogP contribution < -0.4 is 9.47 Å². The zero-order valence-electron chi connectivity index (χ0n) is 23.4. The second-order valence-electron chi connectivity index (χ2n) is 10.2. The van der Waals surface area contributed by atoms with Crippen LogP contribution in [0.2, 0.25) is 0 Å². The van der Waals surface area contributed by atoms with Gasteiger partial charge in [-0.15, -0.1) is 6.58 Å². The number of hydrogen-bond acceptors (Lipinski definition) is 4. The molecule has 4 nitrogen and oxygen atoms in total. The van der Waals surface area contributed by atoms with Gasteiger partial charge in [-0.2, -0.15) is 0 Å². The van der Waals surface area contributed by atoms with E-state index >= 15 is 0 Å². The second kappa shape index (κ2) is 14.1. The van der Waals surface area contributed by atoms with Gasteiger partial charge < -0.3 is 9.47 Å². The minimum atomic E-state index is -0.528. The molecule has 202 valence electrons. The maximum atomic E-state index is 12.9. The number of hydrogen-bond donors (Lipinski definition) is 0. The second-order valence-corrected chi connectivity index (χ2v) is 10.2. The number of rotatable bonds is 12. The number of carbonyl (C=O) groups is 2. The van der Waals surface area contributed by atoms with Gasteiger partial charge in [0.1, 0.15) is 0 Å². The Balaban J connectivity index is 1.86. The van der Waals surface area contributed by atoms with Gasteiger partial charge in [0.15, 0.2) is 11.5 Å². The molecule has 1 unspecified atom stereocenters. The Morgan fingerprint density at radius 3 is 1.87 bits per heavy atom. The van der Waals surface area contributed by atoms with E-state index in [9.17, 15) is 9.59 Å². The van der Waals surface area contributed by atoms with Crippen molar-refractivity contribution in [2.24, 2.45) is 0 Å². The highest BCUT2D eigenvalue weighted by molar-refractivity contribution is 5.93. The first-order valence-corrected chi connectivity index (χ1v) is 13.3. The summed E-state index contributed by atoms with van der Waals surface area (Å²) in [5.74, 6) is -0.689. The molecule has 3 aromatic carbocycles. The van der Waals surface area contributed by atoms with E-state index in [4.69, 9.17) is 9.47 Å². The third-order valence-corrected chi connectivity index (χ3v) is 6.73. The third-order valence-electron chi connectivity index (χ3n) is 6.73. The van der Waals surface area contributed by atoms with Crippen LogP contribution in [0.1, 0.15) is 79.7 Å². The molecule has 0 aliphatic rings. The number of allylic oxidation sites excluding steroid dienone is 5. The predicted octanol–water partition coefficient (Wildman–Crippen LogP) is 9.04. The van der Waals surface area contributed by atoms with Crippen LogP contribution in [0.3, 0.4) is 0 Å². The Morgan fingerprint density at radius 1 is 0.769 bits per heavy atom.